The maximum absolute atomic E-state index is 11.8. The molecule has 20 heavy (non-hydrogen) atoms. The van der Waals surface area contributed by atoms with E-state index in [-0.39, 0.29) is 12.0 Å². The van der Waals surface area contributed by atoms with Crippen LogP contribution in [0.15, 0.2) is 41.1 Å². The van der Waals surface area contributed by atoms with Gasteiger partial charge in [-0.3, -0.25) is 9.48 Å². The van der Waals surface area contributed by atoms with E-state index in [1.807, 2.05) is 31.2 Å². The molecule has 0 aliphatic carbocycles. The number of nitrogens with zero attached hydrogens (tertiary/aromatic N) is 2. The first-order chi connectivity index (χ1) is 9.54. The minimum Gasteiger partial charge on any atom is -0.489 e. The van der Waals surface area contributed by atoms with E-state index in [9.17, 15) is 4.79 Å². The van der Waals surface area contributed by atoms with Crippen LogP contribution in [0.3, 0.4) is 0 Å². The van der Waals surface area contributed by atoms with Gasteiger partial charge < -0.3 is 10.1 Å². The zero-order valence-corrected chi connectivity index (χ0v) is 12.9. The lowest BCUT2D eigenvalue weighted by molar-refractivity contribution is 0.0932. The normalized spacial score (nSPS) is 11.9. The van der Waals surface area contributed by atoms with Gasteiger partial charge in [-0.1, -0.05) is 22.0 Å². The number of aryl methyl sites for hydroxylation is 1. The van der Waals surface area contributed by atoms with Crippen LogP contribution in [-0.4, -0.2) is 28.3 Å². The van der Waals surface area contributed by atoms with E-state index in [1.54, 1.807) is 17.9 Å². The summed E-state index contributed by atoms with van der Waals surface area (Å²) in [5, 5.41) is 6.78. The molecular weight excluding hydrogens is 322 g/mol. The Hall–Kier alpha value is -1.82. The van der Waals surface area contributed by atoms with Gasteiger partial charge in [-0.15, -0.1) is 0 Å². The first-order valence-electron chi connectivity index (χ1n) is 6.23. The van der Waals surface area contributed by atoms with Crippen molar-refractivity contribution in [2.75, 3.05) is 6.54 Å². The maximum Gasteiger partial charge on any atom is 0.254 e. The van der Waals surface area contributed by atoms with E-state index < -0.39 is 0 Å². The number of hydrogen-bond acceptors (Lipinski definition) is 3. The largest absolute Gasteiger partial charge is 0.489 e. The van der Waals surface area contributed by atoms with Crippen molar-refractivity contribution in [2.45, 2.75) is 13.0 Å². The predicted octanol–water partition coefficient (Wildman–Crippen LogP) is 2.38. The number of carbonyl (C=O) groups is 1. The molecule has 106 valence electrons. The summed E-state index contributed by atoms with van der Waals surface area (Å²) in [5.41, 5.74) is 0.544. The average molecular weight is 338 g/mol. The Bertz CT molecular complexity index is 598. The Labute approximate surface area is 126 Å². The number of hydrogen-bond donors (Lipinski definition) is 1. The van der Waals surface area contributed by atoms with Crippen LogP contribution in [0.1, 0.15) is 17.3 Å². The van der Waals surface area contributed by atoms with Crippen LogP contribution >= 0.6 is 15.9 Å². The van der Waals surface area contributed by atoms with Gasteiger partial charge in [0, 0.05) is 17.7 Å². The van der Waals surface area contributed by atoms with Crippen molar-refractivity contribution in [3.63, 3.8) is 0 Å². The number of halogens is 1. The molecule has 6 heteroatoms. The second kappa shape index (κ2) is 6.56. The van der Waals surface area contributed by atoms with Gasteiger partial charge in [0.25, 0.3) is 5.91 Å². The molecule has 1 heterocycles. The second-order valence-corrected chi connectivity index (χ2v) is 5.41. The fraction of sp³-hybridized carbons (Fsp3) is 0.286. The third-order valence-corrected chi connectivity index (χ3v) is 3.14. The van der Waals surface area contributed by atoms with Crippen LogP contribution < -0.4 is 10.1 Å². The monoisotopic (exact) mass is 337 g/mol. The molecule has 1 atom stereocenters. The number of carbonyl (C=O) groups excluding carboxylic acids is 1. The molecule has 0 unspecified atom stereocenters. The third-order valence-electron chi connectivity index (χ3n) is 2.65. The van der Waals surface area contributed by atoms with Crippen LogP contribution in [0.5, 0.6) is 5.75 Å². The molecule has 5 nitrogen and oxygen atoms in total. The van der Waals surface area contributed by atoms with Crippen LogP contribution in [0.4, 0.5) is 0 Å². The highest BCUT2D eigenvalue weighted by Crippen LogP contribution is 2.18. The average Bonchev–Trinajstić information content (AvgIpc) is 2.83. The Kier molecular flexibility index (Phi) is 4.79. The van der Waals surface area contributed by atoms with E-state index >= 15 is 0 Å². The van der Waals surface area contributed by atoms with Crippen LogP contribution in [-0.2, 0) is 7.05 Å². The van der Waals surface area contributed by atoms with E-state index in [0.29, 0.717) is 12.1 Å². The van der Waals surface area contributed by atoms with E-state index in [4.69, 9.17) is 4.74 Å². The van der Waals surface area contributed by atoms with Gasteiger partial charge in [0.15, 0.2) is 0 Å². The predicted molar refractivity (Wildman–Crippen MR) is 79.8 cm³/mol. The van der Waals surface area contributed by atoms with Gasteiger partial charge in [0.2, 0.25) is 0 Å². The van der Waals surface area contributed by atoms with Crippen molar-refractivity contribution >= 4 is 21.8 Å². The summed E-state index contributed by atoms with van der Waals surface area (Å²) in [6.45, 7) is 2.34. The van der Waals surface area contributed by atoms with Crippen LogP contribution in [0, 0.1) is 0 Å². The SMILES string of the molecule is C[C@@H](CNC(=O)c1cnn(C)c1)Oc1cccc(Br)c1. The molecular formula is C14H16BrN3O2. The minimum atomic E-state index is -0.150. The van der Waals surface area contributed by atoms with Gasteiger partial charge >= 0.3 is 0 Å². The fourth-order valence-corrected chi connectivity index (χ4v) is 2.07. The number of aromatic nitrogens is 2. The highest BCUT2D eigenvalue weighted by molar-refractivity contribution is 9.10. The zero-order chi connectivity index (χ0) is 14.5. The molecule has 0 spiro atoms. The molecule has 0 saturated carbocycles. The molecule has 1 aromatic heterocycles. The smallest absolute Gasteiger partial charge is 0.254 e. The molecule has 0 saturated heterocycles. The zero-order valence-electron chi connectivity index (χ0n) is 11.3. The molecule has 2 rings (SSSR count). The summed E-state index contributed by atoms with van der Waals surface area (Å²) < 4.78 is 8.27. The maximum atomic E-state index is 11.8. The van der Waals surface area contributed by atoms with Crippen molar-refractivity contribution in [3.05, 3.63) is 46.7 Å². The summed E-state index contributed by atoms with van der Waals surface area (Å²) in [5.74, 6) is 0.616. The Balaban J connectivity index is 1.83. The minimum absolute atomic E-state index is 0.120. The Morgan fingerprint density at radius 3 is 3.00 bits per heavy atom. The Morgan fingerprint density at radius 2 is 2.35 bits per heavy atom. The number of rotatable bonds is 5. The summed E-state index contributed by atoms with van der Waals surface area (Å²) in [7, 11) is 1.77. The Morgan fingerprint density at radius 1 is 1.55 bits per heavy atom. The van der Waals surface area contributed by atoms with Gasteiger partial charge in [-0.25, -0.2) is 0 Å². The first kappa shape index (κ1) is 14.6. The van der Waals surface area contributed by atoms with Crippen molar-refractivity contribution in [2.24, 2.45) is 7.05 Å². The lowest BCUT2D eigenvalue weighted by Gasteiger charge is -2.15. The molecule has 2 aromatic rings. The molecule has 1 N–H and O–H groups in total. The highest BCUT2D eigenvalue weighted by Gasteiger charge is 2.10. The molecule has 0 fully saturated rings. The number of ether oxygens (including phenoxy) is 1. The van der Waals surface area contributed by atoms with E-state index in [2.05, 4.69) is 26.3 Å². The molecule has 0 radical (unpaired) electrons. The van der Waals surface area contributed by atoms with E-state index in [0.717, 1.165) is 10.2 Å². The van der Waals surface area contributed by atoms with Gasteiger partial charge in [-0.05, 0) is 25.1 Å². The molecule has 0 aliphatic heterocycles. The first-order valence-corrected chi connectivity index (χ1v) is 7.03. The van der Waals surface area contributed by atoms with E-state index in [1.165, 1.54) is 6.20 Å². The van der Waals surface area contributed by atoms with Crippen molar-refractivity contribution in [1.29, 1.82) is 0 Å². The summed E-state index contributed by atoms with van der Waals surface area (Å²) in [6, 6.07) is 7.60. The number of amides is 1. The summed E-state index contributed by atoms with van der Waals surface area (Å²) >= 11 is 3.39. The van der Waals surface area contributed by atoms with Crippen LogP contribution in [0.2, 0.25) is 0 Å². The number of nitrogens with one attached hydrogen (secondary N) is 1. The summed E-state index contributed by atoms with van der Waals surface area (Å²) in [6.07, 6.45) is 3.09. The van der Waals surface area contributed by atoms with Crippen molar-refractivity contribution < 1.29 is 9.53 Å². The van der Waals surface area contributed by atoms with Gasteiger partial charge in [-0.2, -0.15) is 5.10 Å². The van der Waals surface area contributed by atoms with Crippen molar-refractivity contribution in [1.82, 2.24) is 15.1 Å². The molecule has 0 bridgehead atoms. The topological polar surface area (TPSA) is 56.2 Å². The van der Waals surface area contributed by atoms with Gasteiger partial charge in [0.1, 0.15) is 11.9 Å². The van der Waals surface area contributed by atoms with Crippen LogP contribution in [0.25, 0.3) is 0 Å². The lowest BCUT2D eigenvalue weighted by atomic mass is 10.3. The second-order valence-electron chi connectivity index (χ2n) is 4.50. The molecule has 0 aliphatic rings. The number of benzene rings is 1. The quantitative estimate of drug-likeness (QED) is 0.911. The lowest BCUT2D eigenvalue weighted by Crippen LogP contribution is -2.33. The molecule has 1 aromatic carbocycles. The highest BCUT2D eigenvalue weighted by atomic mass is 79.9. The standard InChI is InChI=1S/C14H16BrN3O2/c1-10(20-13-5-3-4-12(15)6-13)7-16-14(19)11-8-17-18(2)9-11/h3-6,8-10H,7H2,1-2H3,(H,16,19)/t10-/m0/s1. The fourth-order valence-electron chi connectivity index (χ4n) is 1.69. The molecule has 1 amide bonds. The van der Waals surface area contributed by atoms with Gasteiger partial charge in [0.05, 0.1) is 18.3 Å². The third kappa shape index (κ3) is 4.09. The van der Waals surface area contributed by atoms with Crippen molar-refractivity contribution in [3.8, 4) is 5.75 Å². The summed E-state index contributed by atoms with van der Waals surface area (Å²) in [4.78, 5) is 11.8.